The molecule has 1 unspecified atom stereocenters. The van der Waals surface area contributed by atoms with E-state index in [9.17, 15) is 13.2 Å². The second kappa shape index (κ2) is 6.44. The van der Waals surface area contributed by atoms with Crippen molar-refractivity contribution >= 4 is 0 Å². The molecule has 0 bridgehead atoms. The quantitative estimate of drug-likeness (QED) is 0.802. The summed E-state index contributed by atoms with van der Waals surface area (Å²) < 4.78 is 37.8. The van der Waals surface area contributed by atoms with Crippen molar-refractivity contribution in [3.63, 3.8) is 0 Å². The standard InChI is InChI=1S/C14H25F3N2/c1-11(9-18-12-5-3-2-4-6-12)19(13-7-8-13)10-14(15,16)17/h11-13,18H,2-10H2,1H3. The molecule has 0 aromatic heterocycles. The Labute approximate surface area is 113 Å². The molecule has 0 amide bonds. The van der Waals surface area contributed by atoms with E-state index < -0.39 is 12.7 Å². The number of alkyl halides is 3. The molecule has 2 fully saturated rings. The highest BCUT2D eigenvalue weighted by Gasteiger charge is 2.40. The summed E-state index contributed by atoms with van der Waals surface area (Å²) in [5.74, 6) is 0. The van der Waals surface area contributed by atoms with Crippen molar-refractivity contribution in [2.75, 3.05) is 13.1 Å². The summed E-state index contributed by atoms with van der Waals surface area (Å²) in [6, 6.07) is 0.643. The van der Waals surface area contributed by atoms with Crippen LogP contribution in [0.5, 0.6) is 0 Å². The molecule has 0 radical (unpaired) electrons. The molecule has 2 aliphatic rings. The van der Waals surface area contributed by atoms with Crippen LogP contribution >= 0.6 is 0 Å². The molecule has 0 aliphatic heterocycles. The van der Waals surface area contributed by atoms with Crippen LogP contribution in [0.1, 0.15) is 51.9 Å². The normalized spacial score (nSPS) is 23.8. The van der Waals surface area contributed by atoms with Gasteiger partial charge in [-0.05, 0) is 32.6 Å². The molecule has 112 valence electrons. The first-order valence-electron chi connectivity index (χ1n) is 7.51. The maximum atomic E-state index is 12.6. The number of hydrogen-bond acceptors (Lipinski definition) is 2. The molecule has 0 saturated heterocycles. The monoisotopic (exact) mass is 278 g/mol. The van der Waals surface area contributed by atoms with Gasteiger partial charge in [0.1, 0.15) is 0 Å². The van der Waals surface area contributed by atoms with Crippen LogP contribution in [0.2, 0.25) is 0 Å². The molecule has 5 heteroatoms. The average Bonchev–Trinajstić information content (AvgIpc) is 3.17. The Morgan fingerprint density at radius 3 is 2.26 bits per heavy atom. The van der Waals surface area contributed by atoms with E-state index in [1.165, 1.54) is 32.1 Å². The van der Waals surface area contributed by atoms with Crippen LogP contribution in [0.25, 0.3) is 0 Å². The summed E-state index contributed by atoms with van der Waals surface area (Å²) in [4.78, 5) is 1.63. The Kier molecular flexibility index (Phi) is 5.12. The van der Waals surface area contributed by atoms with Crippen LogP contribution in [-0.2, 0) is 0 Å². The maximum absolute atomic E-state index is 12.6. The van der Waals surface area contributed by atoms with Crippen LogP contribution in [0.4, 0.5) is 13.2 Å². The molecular formula is C14H25F3N2. The minimum atomic E-state index is -4.08. The lowest BCUT2D eigenvalue weighted by atomic mass is 9.95. The van der Waals surface area contributed by atoms with Crippen LogP contribution < -0.4 is 5.32 Å². The van der Waals surface area contributed by atoms with Crippen molar-refractivity contribution < 1.29 is 13.2 Å². The molecule has 2 nitrogen and oxygen atoms in total. The summed E-state index contributed by atoms with van der Waals surface area (Å²) in [6.07, 6.45) is 3.91. The molecular weight excluding hydrogens is 253 g/mol. The minimum Gasteiger partial charge on any atom is -0.312 e. The third-order valence-corrected chi connectivity index (χ3v) is 4.25. The van der Waals surface area contributed by atoms with Gasteiger partial charge in [0.15, 0.2) is 0 Å². The van der Waals surface area contributed by atoms with Crippen molar-refractivity contribution in [3.05, 3.63) is 0 Å². The molecule has 0 aromatic carbocycles. The zero-order valence-corrected chi connectivity index (χ0v) is 11.7. The van der Waals surface area contributed by atoms with Gasteiger partial charge in [-0.2, -0.15) is 13.2 Å². The third kappa shape index (κ3) is 5.30. The highest BCUT2D eigenvalue weighted by atomic mass is 19.4. The van der Waals surface area contributed by atoms with E-state index >= 15 is 0 Å². The second-order valence-electron chi connectivity index (χ2n) is 6.11. The van der Waals surface area contributed by atoms with Gasteiger partial charge in [-0.3, -0.25) is 4.90 Å². The van der Waals surface area contributed by atoms with Gasteiger partial charge < -0.3 is 5.32 Å². The highest BCUT2D eigenvalue weighted by molar-refractivity contribution is 4.89. The first-order valence-corrected chi connectivity index (χ1v) is 7.51. The summed E-state index contributed by atoms with van der Waals surface area (Å²) in [6.45, 7) is 1.84. The Morgan fingerprint density at radius 1 is 1.11 bits per heavy atom. The van der Waals surface area contributed by atoms with Crippen LogP contribution in [0, 0.1) is 0 Å². The summed E-state index contributed by atoms with van der Waals surface area (Å²) in [5, 5.41) is 3.46. The topological polar surface area (TPSA) is 15.3 Å². The molecule has 0 heterocycles. The number of halogens is 3. The van der Waals surface area contributed by atoms with Gasteiger partial charge in [-0.1, -0.05) is 19.3 Å². The van der Waals surface area contributed by atoms with E-state index in [0.29, 0.717) is 12.6 Å². The predicted molar refractivity (Wildman–Crippen MR) is 70.1 cm³/mol. The molecule has 0 spiro atoms. The van der Waals surface area contributed by atoms with Crippen molar-refractivity contribution in [2.45, 2.75) is 76.2 Å². The van der Waals surface area contributed by atoms with Gasteiger partial charge >= 0.3 is 6.18 Å². The minimum absolute atomic E-state index is 0.0314. The molecule has 2 saturated carbocycles. The van der Waals surface area contributed by atoms with E-state index in [1.807, 2.05) is 6.92 Å². The van der Waals surface area contributed by atoms with E-state index in [-0.39, 0.29) is 12.1 Å². The smallest absolute Gasteiger partial charge is 0.312 e. The lowest BCUT2D eigenvalue weighted by Crippen LogP contribution is -2.48. The Hall–Kier alpha value is -0.290. The molecule has 2 rings (SSSR count). The fraction of sp³-hybridized carbons (Fsp3) is 1.00. The zero-order valence-electron chi connectivity index (χ0n) is 11.7. The Morgan fingerprint density at radius 2 is 1.74 bits per heavy atom. The molecule has 0 aromatic rings. The molecule has 2 aliphatic carbocycles. The van der Waals surface area contributed by atoms with Gasteiger partial charge in [0.05, 0.1) is 6.54 Å². The summed E-state index contributed by atoms with van der Waals surface area (Å²) in [7, 11) is 0. The lowest BCUT2D eigenvalue weighted by molar-refractivity contribution is -0.151. The summed E-state index contributed by atoms with van der Waals surface area (Å²) in [5.41, 5.74) is 0. The van der Waals surface area contributed by atoms with Crippen molar-refractivity contribution in [1.82, 2.24) is 10.2 Å². The lowest BCUT2D eigenvalue weighted by Gasteiger charge is -2.32. The number of rotatable bonds is 6. The fourth-order valence-electron chi connectivity index (χ4n) is 3.02. The number of nitrogens with zero attached hydrogens (tertiary/aromatic N) is 1. The SMILES string of the molecule is CC(CNC1CCCCC1)N(CC(F)(F)F)C1CC1. The predicted octanol–water partition coefficient (Wildman–Crippen LogP) is 3.32. The van der Waals surface area contributed by atoms with E-state index in [4.69, 9.17) is 0 Å². The van der Waals surface area contributed by atoms with Crippen molar-refractivity contribution in [3.8, 4) is 0 Å². The van der Waals surface area contributed by atoms with Crippen LogP contribution in [0.15, 0.2) is 0 Å². The zero-order chi connectivity index (χ0) is 13.9. The first-order chi connectivity index (χ1) is 8.96. The fourth-order valence-corrected chi connectivity index (χ4v) is 3.02. The average molecular weight is 278 g/mol. The van der Waals surface area contributed by atoms with Gasteiger partial charge in [-0.25, -0.2) is 0 Å². The Bertz CT molecular complexity index is 270. The van der Waals surface area contributed by atoms with E-state index in [1.54, 1.807) is 4.90 Å². The highest BCUT2D eigenvalue weighted by Crippen LogP contribution is 2.31. The van der Waals surface area contributed by atoms with Crippen molar-refractivity contribution in [1.29, 1.82) is 0 Å². The summed E-state index contributed by atoms with van der Waals surface area (Å²) >= 11 is 0. The van der Waals surface area contributed by atoms with Crippen molar-refractivity contribution in [2.24, 2.45) is 0 Å². The molecule has 19 heavy (non-hydrogen) atoms. The van der Waals surface area contributed by atoms with Gasteiger partial charge in [0, 0.05) is 24.7 Å². The molecule has 1 N–H and O–H groups in total. The number of nitrogens with one attached hydrogen (secondary N) is 1. The van der Waals surface area contributed by atoms with E-state index in [0.717, 1.165) is 12.8 Å². The number of hydrogen-bond donors (Lipinski definition) is 1. The van der Waals surface area contributed by atoms with E-state index in [2.05, 4.69) is 5.32 Å². The van der Waals surface area contributed by atoms with Crippen LogP contribution in [-0.4, -0.2) is 42.3 Å². The first kappa shape index (κ1) is 15.1. The molecule has 1 atom stereocenters. The maximum Gasteiger partial charge on any atom is 0.401 e. The second-order valence-corrected chi connectivity index (χ2v) is 6.11. The van der Waals surface area contributed by atoms with Gasteiger partial charge in [0.2, 0.25) is 0 Å². The third-order valence-electron chi connectivity index (χ3n) is 4.25. The van der Waals surface area contributed by atoms with Crippen LogP contribution in [0.3, 0.4) is 0 Å². The van der Waals surface area contributed by atoms with Gasteiger partial charge in [0.25, 0.3) is 0 Å². The Balaban J connectivity index is 1.76. The van der Waals surface area contributed by atoms with Gasteiger partial charge in [-0.15, -0.1) is 0 Å². The largest absolute Gasteiger partial charge is 0.401 e.